The van der Waals surface area contributed by atoms with E-state index in [4.69, 9.17) is 11.6 Å². The lowest BCUT2D eigenvalue weighted by Gasteiger charge is -2.13. The summed E-state index contributed by atoms with van der Waals surface area (Å²) in [7, 11) is 0. The van der Waals surface area contributed by atoms with Gasteiger partial charge in [-0.2, -0.15) is 0 Å². The van der Waals surface area contributed by atoms with Crippen LogP contribution in [0.1, 0.15) is 30.1 Å². The number of rotatable bonds is 6. The molecule has 0 saturated heterocycles. The van der Waals surface area contributed by atoms with Crippen LogP contribution >= 0.6 is 23.4 Å². The predicted octanol–water partition coefficient (Wildman–Crippen LogP) is 3.55. The zero-order valence-electron chi connectivity index (χ0n) is 10.2. The van der Waals surface area contributed by atoms with Crippen LogP contribution in [0.25, 0.3) is 0 Å². The van der Waals surface area contributed by atoms with Crippen LogP contribution in [-0.2, 0) is 0 Å². The number of carbonyl (C=O) groups excluding carboxylic acids is 1. The van der Waals surface area contributed by atoms with Crippen molar-refractivity contribution in [1.82, 2.24) is 5.32 Å². The summed E-state index contributed by atoms with van der Waals surface area (Å²) in [6.07, 6.45) is 3.86. The van der Waals surface area contributed by atoms with E-state index in [0.717, 1.165) is 17.7 Å². The minimum Gasteiger partial charge on any atom is -0.350 e. The molecule has 1 aromatic rings. The van der Waals surface area contributed by atoms with Crippen LogP contribution in [0.5, 0.6) is 0 Å². The number of hydrogen-bond acceptors (Lipinski definition) is 2. The first-order chi connectivity index (χ1) is 8.17. The fourth-order valence-electron chi connectivity index (χ4n) is 1.51. The van der Waals surface area contributed by atoms with Crippen molar-refractivity contribution in [3.8, 4) is 0 Å². The highest BCUT2D eigenvalue weighted by atomic mass is 35.5. The molecular formula is C13H18ClNOS. The third-order valence-electron chi connectivity index (χ3n) is 2.50. The Kier molecular flexibility index (Phi) is 6.45. The van der Waals surface area contributed by atoms with Crippen molar-refractivity contribution in [2.45, 2.75) is 30.7 Å². The molecule has 17 heavy (non-hydrogen) atoms. The molecule has 0 aromatic heterocycles. The van der Waals surface area contributed by atoms with Crippen LogP contribution in [0.3, 0.4) is 0 Å². The van der Waals surface area contributed by atoms with Crippen molar-refractivity contribution in [2.24, 2.45) is 0 Å². The molecule has 0 bridgehead atoms. The molecule has 0 fully saturated rings. The van der Waals surface area contributed by atoms with Crippen molar-refractivity contribution in [1.29, 1.82) is 0 Å². The number of halogens is 1. The molecule has 1 amide bonds. The average molecular weight is 272 g/mol. The van der Waals surface area contributed by atoms with Gasteiger partial charge in [0.1, 0.15) is 0 Å². The molecular weight excluding hydrogens is 254 g/mol. The van der Waals surface area contributed by atoms with Gasteiger partial charge in [0.05, 0.1) is 0 Å². The van der Waals surface area contributed by atoms with Gasteiger partial charge >= 0.3 is 0 Å². The molecule has 94 valence electrons. The highest BCUT2D eigenvalue weighted by molar-refractivity contribution is 7.98. The van der Waals surface area contributed by atoms with Crippen molar-refractivity contribution in [3.63, 3.8) is 0 Å². The summed E-state index contributed by atoms with van der Waals surface area (Å²) in [4.78, 5) is 13.0. The minimum atomic E-state index is -0.0141. The number of hydrogen-bond donors (Lipinski definition) is 1. The van der Waals surface area contributed by atoms with Crippen LogP contribution in [0.15, 0.2) is 29.2 Å². The van der Waals surface area contributed by atoms with E-state index in [2.05, 4.69) is 5.32 Å². The number of nitrogens with one attached hydrogen (secondary N) is 1. The van der Waals surface area contributed by atoms with E-state index in [1.54, 1.807) is 11.8 Å². The van der Waals surface area contributed by atoms with Crippen molar-refractivity contribution >= 4 is 29.3 Å². The molecule has 0 radical (unpaired) electrons. The molecule has 0 heterocycles. The van der Waals surface area contributed by atoms with Gasteiger partial charge in [0.15, 0.2) is 0 Å². The predicted molar refractivity (Wildman–Crippen MR) is 75.1 cm³/mol. The number of thioether (sulfide) groups is 1. The molecule has 1 aromatic carbocycles. The van der Waals surface area contributed by atoms with Gasteiger partial charge in [-0.05, 0) is 50.3 Å². The number of carbonyl (C=O) groups is 1. The summed E-state index contributed by atoms with van der Waals surface area (Å²) in [5.74, 6) is 0.627. The molecule has 1 unspecified atom stereocenters. The molecule has 1 atom stereocenters. The Hall–Kier alpha value is -0.670. The first kappa shape index (κ1) is 14.4. The molecule has 4 heteroatoms. The van der Waals surface area contributed by atoms with E-state index in [9.17, 15) is 4.79 Å². The smallest absolute Gasteiger partial charge is 0.251 e. The Balaban J connectivity index is 2.51. The summed E-state index contributed by atoms with van der Waals surface area (Å²) < 4.78 is 0. The third-order valence-corrected chi connectivity index (χ3v) is 3.51. The number of alkyl halides is 1. The molecule has 2 nitrogen and oxygen atoms in total. The second-order valence-electron chi connectivity index (χ2n) is 3.93. The second-order valence-corrected chi connectivity index (χ2v) is 5.19. The first-order valence-corrected chi connectivity index (χ1v) is 7.44. The van der Waals surface area contributed by atoms with Crippen molar-refractivity contribution in [2.75, 3.05) is 12.1 Å². The second kappa shape index (κ2) is 7.62. The van der Waals surface area contributed by atoms with Gasteiger partial charge in [-0.1, -0.05) is 0 Å². The number of benzene rings is 1. The van der Waals surface area contributed by atoms with Gasteiger partial charge in [-0.3, -0.25) is 4.79 Å². The molecule has 0 aliphatic heterocycles. The Morgan fingerprint density at radius 3 is 2.59 bits per heavy atom. The maximum absolute atomic E-state index is 11.9. The van der Waals surface area contributed by atoms with E-state index in [1.165, 1.54) is 0 Å². The summed E-state index contributed by atoms with van der Waals surface area (Å²) >= 11 is 7.29. The maximum atomic E-state index is 11.9. The van der Waals surface area contributed by atoms with E-state index < -0.39 is 0 Å². The standard InChI is InChI=1S/C13H18ClNOS/c1-10(4-3-9-14)15-13(16)11-5-7-12(17-2)8-6-11/h5-8,10H,3-4,9H2,1-2H3,(H,15,16). The van der Waals surface area contributed by atoms with E-state index in [0.29, 0.717) is 11.4 Å². The van der Waals surface area contributed by atoms with Crippen LogP contribution in [0.4, 0.5) is 0 Å². The molecule has 1 rings (SSSR count). The summed E-state index contributed by atoms with van der Waals surface area (Å²) in [6.45, 7) is 2.00. The van der Waals surface area contributed by atoms with E-state index >= 15 is 0 Å². The third kappa shape index (κ3) is 5.00. The summed E-state index contributed by atoms with van der Waals surface area (Å²) in [5, 5.41) is 2.96. The Morgan fingerprint density at radius 2 is 2.06 bits per heavy atom. The summed E-state index contributed by atoms with van der Waals surface area (Å²) in [5.41, 5.74) is 0.709. The lowest BCUT2D eigenvalue weighted by Crippen LogP contribution is -2.32. The van der Waals surface area contributed by atoms with Gasteiger partial charge < -0.3 is 5.32 Å². The minimum absolute atomic E-state index is 0.0141. The SMILES string of the molecule is CSc1ccc(C(=O)NC(C)CCCCl)cc1. The first-order valence-electron chi connectivity index (χ1n) is 5.68. The fourth-order valence-corrected chi connectivity index (χ4v) is 2.07. The Morgan fingerprint density at radius 1 is 1.41 bits per heavy atom. The van der Waals surface area contributed by atoms with Crippen molar-refractivity contribution in [3.05, 3.63) is 29.8 Å². The number of amides is 1. The van der Waals surface area contributed by atoms with Crippen LogP contribution in [-0.4, -0.2) is 24.1 Å². The van der Waals surface area contributed by atoms with Gasteiger partial charge in [-0.15, -0.1) is 23.4 Å². The average Bonchev–Trinajstić information content (AvgIpc) is 2.36. The van der Waals surface area contributed by atoms with Crippen LogP contribution < -0.4 is 5.32 Å². The van der Waals surface area contributed by atoms with Crippen molar-refractivity contribution < 1.29 is 4.79 Å². The van der Waals surface area contributed by atoms with Gasteiger partial charge in [-0.25, -0.2) is 0 Å². The maximum Gasteiger partial charge on any atom is 0.251 e. The molecule has 1 N–H and O–H groups in total. The topological polar surface area (TPSA) is 29.1 Å². The largest absolute Gasteiger partial charge is 0.350 e. The Labute approximate surface area is 112 Å². The van der Waals surface area contributed by atoms with E-state index in [1.807, 2.05) is 37.4 Å². The highest BCUT2D eigenvalue weighted by Gasteiger charge is 2.09. The lowest BCUT2D eigenvalue weighted by molar-refractivity contribution is 0.0938. The zero-order valence-corrected chi connectivity index (χ0v) is 11.8. The molecule has 0 aliphatic rings. The normalized spacial score (nSPS) is 12.2. The molecule has 0 saturated carbocycles. The van der Waals surface area contributed by atoms with Crippen LogP contribution in [0.2, 0.25) is 0 Å². The zero-order chi connectivity index (χ0) is 12.7. The molecule has 0 spiro atoms. The van der Waals surface area contributed by atoms with Gasteiger partial charge in [0, 0.05) is 22.4 Å². The van der Waals surface area contributed by atoms with Gasteiger partial charge in [0.25, 0.3) is 5.91 Å². The Bertz CT molecular complexity index is 353. The lowest BCUT2D eigenvalue weighted by atomic mass is 10.1. The molecule has 0 aliphatic carbocycles. The van der Waals surface area contributed by atoms with E-state index in [-0.39, 0.29) is 11.9 Å². The monoisotopic (exact) mass is 271 g/mol. The quantitative estimate of drug-likeness (QED) is 0.633. The van der Waals surface area contributed by atoms with Crippen LogP contribution in [0, 0.1) is 0 Å². The highest BCUT2D eigenvalue weighted by Crippen LogP contribution is 2.14. The van der Waals surface area contributed by atoms with Gasteiger partial charge in [0.2, 0.25) is 0 Å². The fraction of sp³-hybridized carbons (Fsp3) is 0.462. The summed E-state index contributed by atoms with van der Waals surface area (Å²) in [6, 6.07) is 7.80.